The Labute approximate surface area is 174 Å². The molecule has 2 aromatic carbocycles. The van der Waals surface area contributed by atoms with Gasteiger partial charge in [0.15, 0.2) is 0 Å². The van der Waals surface area contributed by atoms with E-state index >= 15 is 0 Å². The average Bonchev–Trinajstić information content (AvgIpc) is 3.24. The first-order valence-corrected chi connectivity index (χ1v) is 9.17. The molecule has 1 aliphatic rings. The third-order valence-electron chi connectivity index (χ3n) is 4.24. The molecule has 0 aromatic heterocycles. The van der Waals surface area contributed by atoms with Crippen molar-refractivity contribution in [2.45, 2.75) is 17.7 Å². The summed E-state index contributed by atoms with van der Waals surface area (Å²) in [5.41, 5.74) is 5.56. The lowest BCUT2D eigenvalue weighted by Crippen LogP contribution is -2.19. The van der Waals surface area contributed by atoms with E-state index in [2.05, 4.69) is 10.6 Å². The highest BCUT2D eigenvalue weighted by molar-refractivity contribution is 6.52. The van der Waals surface area contributed by atoms with Crippen LogP contribution in [-0.4, -0.2) is 16.1 Å². The van der Waals surface area contributed by atoms with Crippen molar-refractivity contribution in [3.63, 3.8) is 0 Å². The Balaban J connectivity index is 1.85. The Morgan fingerprint density at radius 3 is 2.39 bits per heavy atom. The summed E-state index contributed by atoms with van der Waals surface area (Å²) in [7, 11) is 0. The third-order valence-corrected chi connectivity index (χ3v) is 5.58. The molecule has 3 rings (SSSR count). The summed E-state index contributed by atoms with van der Waals surface area (Å²) < 4.78 is 26.1. The highest BCUT2D eigenvalue weighted by Crippen LogP contribution is 2.53. The number of hydrogen-bond acceptors (Lipinski definition) is 3. The minimum atomic E-state index is -1.09. The van der Waals surface area contributed by atoms with Crippen LogP contribution in [0, 0.1) is 24.5 Å². The number of aryl methyl sites for hydroxylation is 1. The molecule has 1 unspecified atom stereocenters. The molecular formula is C18H14Cl3F2N3O2. The fourth-order valence-corrected chi connectivity index (χ4v) is 3.29. The number of halogens is 5. The number of carbonyl (C=O) groups is 2. The molecule has 4 N–H and O–H groups in total. The second-order valence-corrected chi connectivity index (χ2v) is 8.39. The topological polar surface area (TPSA) is 84.2 Å². The number of amides is 2. The first-order valence-electron chi connectivity index (χ1n) is 8.04. The number of rotatable bonds is 4. The second kappa shape index (κ2) is 7.39. The van der Waals surface area contributed by atoms with Crippen molar-refractivity contribution in [2.24, 2.45) is 5.92 Å². The molecule has 0 spiro atoms. The van der Waals surface area contributed by atoms with Gasteiger partial charge < -0.3 is 16.4 Å². The Bertz CT molecular complexity index is 999. The molecular weight excluding hydrogens is 435 g/mol. The molecule has 2 amide bonds. The summed E-state index contributed by atoms with van der Waals surface area (Å²) >= 11 is 18.0. The maximum Gasteiger partial charge on any atom is 0.257 e. The number of nitrogen functional groups attached to an aromatic ring is 1. The van der Waals surface area contributed by atoms with E-state index in [1.807, 2.05) is 0 Å². The van der Waals surface area contributed by atoms with Gasteiger partial charge in [0.1, 0.15) is 16.0 Å². The average molecular weight is 449 g/mol. The Morgan fingerprint density at radius 2 is 1.79 bits per heavy atom. The number of nitrogens with two attached hydrogens (primary N) is 1. The molecule has 1 saturated carbocycles. The Hall–Kier alpha value is -2.09. The van der Waals surface area contributed by atoms with E-state index in [1.165, 1.54) is 6.07 Å². The van der Waals surface area contributed by atoms with Crippen LogP contribution in [0.3, 0.4) is 0 Å². The lowest BCUT2D eigenvalue weighted by atomic mass is 10.1. The van der Waals surface area contributed by atoms with E-state index in [9.17, 15) is 18.4 Å². The van der Waals surface area contributed by atoms with Crippen LogP contribution in [0.5, 0.6) is 0 Å². The fraction of sp³-hybridized carbons (Fsp3) is 0.222. The van der Waals surface area contributed by atoms with Crippen molar-refractivity contribution in [3.05, 3.63) is 52.0 Å². The van der Waals surface area contributed by atoms with Crippen molar-refractivity contribution in [3.8, 4) is 0 Å². The molecule has 0 heterocycles. The molecule has 0 aliphatic heterocycles. The van der Waals surface area contributed by atoms with Gasteiger partial charge in [0.05, 0.1) is 27.9 Å². The van der Waals surface area contributed by atoms with E-state index in [1.54, 1.807) is 13.0 Å². The van der Waals surface area contributed by atoms with Crippen LogP contribution in [0.2, 0.25) is 5.02 Å². The largest absolute Gasteiger partial charge is 0.396 e. The highest BCUT2D eigenvalue weighted by atomic mass is 35.5. The van der Waals surface area contributed by atoms with Crippen molar-refractivity contribution >= 4 is 63.7 Å². The molecule has 2 aromatic rings. The van der Waals surface area contributed by atoms with E-state index < -0.39 is 33.7 Å². The molecule has 1 fully saturated rings. The van der Waals surface area contributed by atoms with Crippen LogP contribution in [-0.2, 0) is 4.79 Å². The van der Waals surface area contributed by atoms with Crippen LogP contribution in [0.4, 0.5) is 25.8 Å². The number of benzene rings is 2. The van der Waals surface area contributed by atoms with E-state index in [0.717, 1.165) is 6.07 Å². The SMILES string of the molecule is Cc1cc(NC(=O)C2CC2(Cl)Cl)cc(C(=O)Nc2cc(N)c(F)cc2F)c1Cl. The summed E-state index contributed by atoms with van der Waals surface area (Å²) in [6.45, 7) is 1.63. The zero-order valence-corrected chi connectivity index (χ0v) is 16.6. The minimum absolute atomic E-state index is 0.0157. The van der Waals surface area contributed by atoms with Gasteiger partial charge in [-0.25, -0.2) is 8.78 Å². The van der Waals surface area contributed by atoms with Gasteiger partial charge in [-0.05, 0) is 37.1 Å². The summed E-state index contributed by atoms with van der Waals surface area (Å²) in [6.07, 6.45) is 0.327. The van der Waals surface area contributed by atoms with E-state index in [0.29, 0.717) is 23.7 Å². The van der Waals surface area contributed by atoms with Crippen molar-refractivity contribution in [1.82, 2.24) is 0 Å². The zero-order chi connectivity index (χ0) is 20.8. The number of alkyl halides is 2. The zero-order valence-electron chi connectivity index (χ0n) is 14.4. The number of anilines is 3. The quantitative estimate of drug-likeness (QED) is 0.460. The Kier molecular flexibility index (Phi) is 5.44. The monoisotopic (exact) mass is 447 g/mol. The van der Waals surface area contributed by atoms with Gasteiger partial charge in [0.2, 0.25) is 5.91 Å². The lowest BCUT2D eigenvalue weighted by molar-refractivity contribution is -0.117. The first-order chi connectivity index (χ1) is 13.0. The van der Waals surface area contributed by atoms with E-state index in [-0.39, 0.29) is 22.0 Å². The highest BCUT2D eigenvalue weighted by Gasteiger charge is 2.56. The normalized spacial score (nSPS) is 17.1. The van der Waals surface area contributed by atoms with E-state index in [4.69, 9.17) is 40.5 Å². The van der Waals surface area contributed by atoms with Gasteiger partial charge >= 0.3 is 0 Å². The van der Waals surface area contributed by atoms with Crippen molar-refractivity contribution in [2.75, 3.05) is 16.4 Å². The number of hydrogen-bond donors (Lipinski definition) is 3. The molecule has 1 aliphatic carbocycles. The molecule has 5 nitrogen and oxygen atoms in total. The third kappa shape index (κ3) is 4.16. The first kappa shape index (κ1) is 20.6. The molecule has 148 valence electrons. The van der Waals surface area contributed by atoms with Crippen LogP contribution in [0.15, 0.2) is 24.3 Å². The standard InChI is InChI=1S/C18H14Cl3F2N3O2/c1-7-2-8(25-17(28)10-6-18(10,20)21)3-9(15(7)19)16(27)26-14-5-13(24)11(22)4-12(14)23/h2-5,10H,6,24H2,1H3,(H,25,28)(H,26,27). The van der Waals surface area contributed by atoms with Crippen LogP contribution >= 0.6 is 34.8 Å². The molecule has 10 heteroatoms. The minimum Gasteiger partial charge on any atom is -0.396 e. The molecule has 0 radical (unpaired) electrons. The molecule has 0 saturated heterocycles. The van der Waals surface area contributed by atoms with Gasteiger partial charge in [-0.3, -0.25) is 9.59 Å². The number of carbonyl (C=O) groups excluding carboxylic acids is 2. The predicted octanol–water partition coefficient (Wildman–Crippen LogP) is 4.89. The number of nitrogens with one attached hydrogen (secondary N) is 2. The van der Waals surface area contributed by atoms with Gasteiger partial charge in [-0.2, -0.15) is 0 Å². The van der Waals surface area contributed by atoms with Crippen molar-refractivity contribution in [1.29, 1.82) is 0 Å². The summed E-state index contributed by atoms with van der Waals surface area (Å²) in [5, 5.41) is 5.03. The second-order valence-electron chi connectivity index (χ2n) is 6.47. The van der Waals surface area contributed by atoms with Gasteiger partial charge in [0.25, 0.3) is 5.91 Å². The predicted molar refractivity (Wildman–Crippen MR) is 106 cm³/mol. The maximum atomic E-state index is 13.9. The Morgan fingerprint density at radius 1 is 1.14 bits per heavy atom. The molecule has 28 heavy (non-hydrogen) atoms. The van der Waals surface area contributed by atoms with Gasteiger partial charge in [-0.1, -0.05) is 11.6 Å². The maximum absolute atomic E-state index is 13.9. The summed E-state index contributed by atoms with van der Waals surface area (Å²) in [5.74, 6) is -3.64. The van der Waals surface area contributed by atoms with Crippen LogP contribution in [0.25, 0.3) is 0 Å². The summed E-state index contributed by atoms with van der Waals surface area (Å²) in [4.78, 5) is 24.7. The van der Waals surface area contributed by atoms with Crippen LogP contribution < -0.4 is 16.4 Å². The van der Waals surface area contributed by atoms with Gasteiger partial charge in [0, 0.05) is 11.8 Å². The van der Waals surface area contributed by atoms with Crippen molar-refractivity contribution < 1.29 is 18.4 Å². The fourth-order valence-electron chi connectivity index (χ4n) is 2.59. The lowest BCUT2D eigenvalue weighted by Gasteiger charge is -2.13. The van der Waals surface area contributed by atoms with Gasteiger partial charge in [-0.15, -0.1) is 23.2 Å². The van der Waals surface area contributed by atoms with Crippen LogP contribution in [0.1, 0.15) is 22.3 Å². The molecule has 1 atom stereocenters. The molecule has 0 bridgehead atoms. The summed E-state index contributed by atoms with van der Waals surface area (Å²) in [6, 6.07) is 4.43. The smallest absolute Gasteiger partial charge is 0.257 e.